The number of carboxylic acid groups (broad SMARTS) is 1. The van der Waals surface area contributed by atoms with Gasteiger partial charge in [0.15, 0.2) is 11.5 Å². The van der Waals surface area contributed by atoms with Crippen LogP contribution in [0.1, 0.15) is 16.2 Å². The second kappa shape index (κ2) is 4.83. The van der Waals surface area contributed by atoms with Gasteiger partial charge in [0.2, 0.25) is 0 Å². The van der Waals surface area contributed by atoms with Crippen LogP contribution in [0.3, 0.4) is 0 Å². The van der Waals surface area contributed by atoms with E-state index in [0.717, 1.165) is 0 Å². The number of aromatic carboxylic acids is 1. The molecule has 15 heavy (non-hydrogen) atoms. The van der Waals surface area contributed by atoms with Gasteiger partial charge in [-0.05, 0) is 7.05 Å². The monoisotopic (exact) mass is 220 g/mol. The Hall–Kier alpha value is -1.50. The van der Waals surface area contributed by atoms with Crippen molar-refractivity contribution >= 4 is 5.97 Å². The molecule has 0 atom stereocenters. The summed E-state index contributed by atoms with van der Waals surface area (Å²) in [6, 6.07) is 1.21. The molecule has 84 valence electrons. The van der Waals surface area contributed by atoms with E-state index in [-0.39, 0.29) is 18.0 Å². The lowest BCUT2D eigenvalue weighted by atomic mass is 10.3. The molecule has 0 unspecified atom stereocenters. The highest BCUT2D eigenvalue weighted by Crippen LogP contribution is 2.07. The molecule has 0 aromatic carbocycles. The fourth-order valence-corrected chi connectivity index (χ4v) is 1.05. The average molecular weight is 220 g/mol. The average Bonchev–Trinajstić information content (AvgIpc) is 2.50. The number of hydrogen-bond acceptors (Lipinski definition) is 4. The van der Waals surface area contributed by atoms with E-state index in [9.17, 15) is 13.6 Å². The number of rotatable bonds is 5. The Morgan fingerprint density at radius 2 is 2.40 bits per heavy atom. The van der Waals surface area contributed by atoms with E-state index in [1.807, 2.05) is 0 Å². The van der Waals surface area contributed by atoms with Crippen molar-refractivity contribution in [3.63, 3.8) is 0 Å². The van der Waals surface area contributed by atoms with Crippen molar-refractivity contribution in [2.45, 2.75) is 13.0 Å². The van der Waals surface area contributed by atoms with Crippen molar-refractivity contribution in [1.82, 2.24) is 10.1 Å². The molecule has 1 heterocycles. The van der Waals surface area contributed by atoms with Crippen LogP contribution in [0.2, 0.25) is 0 Å². The molecule has 1 aromatic heterocycles. The highest BCUT2D eigenvalue weighted by Gasteiger charge is 2.14. The van der Waals surface area contributed by atoms with Crippen LogP contribution in [0, 0.1) is 0 Å². The number of hydrogen-bond donors (Lipinski definition) is 1. The third-order valence-electron chi connectivity index (χ3n) is 1.65. The molecule has 0 saturated carbocycles. The van der Waals surface area contributed by atoms with E-state index in [1.165, 1.54) is 18.0 Å². The second-order valence-corrected chi connectivity index (χ2v) is 3.07. The third kappa shape index (κ3) is 3.62. The molecule has 0 aliphatic rings. The van der Waals surface area contributed by atoms with Crippen LogP contribution in [-0.2, 0) is 6.54 Å². The molecule has 0 aliphatic carbocycles. The van der Waals surface area contributed by atoms with Gasteiger partial charge in [-0.3, -0.25) is 4.90 Å². The molecule has 0 aliphatic heterocycles. The van der Waals surface area contributed by atoms with Crippen LogP contribution in [-0.4, -0.2) is 41.2 Å². The first kappa shape index (κ1) is 11.6. The van der Waals surface area contributed by atoms with Gasteiger partial charge >= 0.3 is 5.97 Å². The first-order valence-corrected chi connectivity index (χ1v) is 4.14. The summed E-state index contributed by atoms with van der Waals surface area (Å²) in [6.07, 6.45) is -2.43. The SMILES string of the molecule is CN(Cc1cc(C(=O)O)no1)CC(F)F. The van der Waals surface area contributed by atoms with Gasteiger partial charge in [-0.25, -0.2) is 13.6 Å². The van der Waals surface area contributed by atoms with E-state index >= 15 is 0 Å². The van der Waals surface area contributed by atoms with Gasteiger partial charge in [0, 0.05) is 6.07 Å². The summed E-state index contributed by atoms with van der Waals surface area (Å²) in [6.45, 7) is -0.298. The van der Waals surface area contributed by atoms with E-state index < -0.39 is 18.9 Å². The standard InChI is InChI=1S/C8H10F2N2O3/c1-12(4-7(9)10)3-5-2-6(8(13)14)11-15-5/h2,7H,3-4H2,1H3,(H,13,14). The van der Waals surface area contributed by atoms with E-state index in [1.54, 1.807) is 0 Å². The normalized spacial score (nSPS) is 11.3. The second-order valence-electron chi connectivity index (χ2n) is 3.07. The summed E-state index contributed by atoms with van der Waals surface area (Å²) >= 11 is 0. The highest BCUT2D eigenvalue weighted by atomic mass is 19.3. The highest BCUT2D eigenvalue weighted by molar-refractivity contribution is 5.85. The maximum atomic E-state index is 11.9. The van der Waals surface area contributed by atoms with E-state index in [2.05, 4.69) is 9.68 Å². The Balaban J connectivity index is 2.53. The molecule has 0 amide bonds. The Labute approximate surface area is 84.3 Å². The van der Waals surface area contributed by atoms with Gasteiger partial charge in [-0.1, -0.05) is 5.16 Å². The third-order valence-corrected chi connectivity index (χ3v) is 1.65. The van der Waals surface area contributed by atoms with Crippen molar-refractivity contribution < 1.29 is 23.2 Å². The summed E-state index contributed by atoms with van der Waals surface area (Å²) in [4.78, 5) is 11.7. The van der Waals surface area contributed by atoms with E-state index in [4.69, 9.17) is 5.11 Å². The van der Waals surface area contributed by atoms with Crippen molar-refractivity contribution in [1.29, 1.82) is 0 Å². The van der Waals surface area contributed by atoms with Crippen molar-refractivity contribution in [3.8, 4) is 0 Å². The molecule has 0 fully saturated rings. The zero-order valence-electron chi connectivity index (χ0n) is 7.98. The number of alkyl halides is 2. The topological polar surface area (TPSA) is 66.6 Å². The number of halogens is 2. The number of carboxylic acids is 1. The van der Waals surface area contributed by atoms with Gasteiger partial charge in [0.25, 0.3) is 6.43 Å². The molecule has 7 heteroatoms. The van der Waals surface area contributed by atoms with Crippen molar-refractivity contribution in [2.75, 3.05) is 13.6 Å². The van der Waals surface area contributed by atoms with Gasteiger partial charge in [0.05, 0.1) is 13.1 Å². The summed E-state index contributed by atoms with van der Waals surface area (Å²) in [5.74, 6) is -0.961. The maximum absolute atomic E-state index is 11.9. The molecule has 0 spiro atoms. The zero-order chi connectivity index (χ0) is 11.4. The maximum Gasteiger partial charge on any atom is 0.358 e. The van der Waals surface area contributed by atoms with Crippen molar-refractivity contribution in [3.05, 3.63) is 17.5 Å². The lowest BCUT2D eigenvalue weighted by molar-refractivity contribution is 0.0685. The number of aromatic nitrogens is 1. The van der Waals surface area contributed by atoms with Crippen LogP contribution >= 0.6 is 0 Å². The Kier molecular flexibility index (Phi) is 3.73. The Bertz CT molecular complexity index is 340. The van der Waals surface area contributed by atoms with Gasteiger partial charge in [-0.2, -0.15) is 0 Å². The van der Waals surface area contributed by atoms with Gasteiger partial charge < -0.3 is 9.63 Å². The molecule has 1 aromatic rings. The quantitative estimate of drug-likeness (QED) is 0.803. The van der Waals surface area contributed by atoms with E-state index in [0.29, 0.717) is 0 Å². The number of nitrogens with zero attached hydrogens (tertiary/aromatic N) is 2. The molecule has 5 nitrogen and oxygen atoms in total. The zero-order valence-corrected chi connectivity index (χ0v) is 7.98. The van der Waals surface area contributed by atoms with Crippen LogP contribution in [0.5, 0.6) is 0 Å². The molecular formula is C8H10F2N2O3. The predicted octanol–water partition coefficient (Wildman–Crippen LogP) is 1.07. The number of carbonyl (C=O) groups is 1. The van der Waals surface area contributed by atoms with Crippen molar-refractivity contribution in [2.24, 2.45) is 0 Å². The largest absolute Gasteiger partial charge is 0.476 e. The van der Waals surface area contributed by atoms with Crippen LogP contribution in [0.25, 0.3) is 0 Å². The Morgan fingerprint density at radius 1 is 1.73 bits per heavy atom. The van der Waals surface area contributed by atoms with Gasteiger partial charge in [0.1, 0.15) is 0 Å². The molecular weight excluding hydrogens is 210 g/mol. The smallest absolute Gasteiger partial charge is 0.358 e. The minimum Gasteiger partial charge on any atom is -0.476 e. The lowest BCUT2D eigenvalue weighted by Crippen LogP contribution is -2.23. The molecule has 0 radical (unpaired) electrons. The van der Waals surface area contributed by atoms with Crippen LogP contribution in [0.4, 0.5) is 8.78 Å². The molecule has 1 N–H and O–H groups in total. The predicted molar refractivity (Wildman–Crippen MR) is 45.8 cm³/mol. The Morgan fingerprint density at radius 3 is 2.87 bits per heavy atom. The molecule has 0 bridgehead atoms. The minimum absolute atomic E-state index is 0.102. The summed E-state index contributed by atoms with van der Waals surface area (Å²) < 4.78 is 28.5. The fourth-order valence-electron chi connectivity index (χ4n) is 1.05. The minimum atomic E-state index is -2.43. The van der Waals surface area contributed by atoms with Gasteiger partial charge in [-0.15, -0.1) is 0 Å². The first-order valence-electron chi connectivity index (χ1n) is 4.14. The summed E-state index contributed by atoms with van der Waals surface area (Å²) in [7, 11) is 1.48. The molecule has 1 rings (SSSR count). The molecule has 0 saturated heterocycles. The summed E-state index contributed by atoms with van der Waals surface area (Å²) in [5, 5.41) is 11.8. The summed E-state index contributed by atoms with van der Waals surface area (Å²) in [5.41, 5.74) is -0.226. The van der Waals surface area contributed by atoms with Crippen LogP contribution in [0.15, 0.2) is 10.6 Å². The lowest BCUT2D eigenvalue weighted by Gasteiger charge is -2.12. The first-order chi connectivity index (χ1) is 6.99. The van der Waals surface area contributed by atoms with Crippen LogP contribution < -0.4 is 0 Å². The fraction of sp³-hybridized carbons (Fsp3) is 0.500.